The molecule has 3 aromatic carbocycles. The molecule has 1 saturated heterocycles. The van der Waals surface area contributed by atoms with Gasteiger partial charge in [0.2, 0.25) is 10.0 Å². The van der Waals surface area contributed by atoms with Crippen LogP contribution in [0.25, 0.3) is 11.1 Å². The van der Waals surface area contributed by atoms with Crippen LogP contribution in [0.1, 0.15) is 66.5 Å². The Morgan fingerprint density at radius 1 is 1.09 bits per heavy atom. The lowest BCUT2D eigenvalue weighted by Gasteiger charge is -2.38. The van der Waals surface area contributed by atoms with Crippen LogP contribution in [0.15, 0.2) is 42.5 Å². The molecule has 3 aromatic rings. The molecule has 1 N–H and O–H groups in total. The maximum absolute atomic E-state index is 15.3. The van der Waals surface area contributed by atoms with Gasteiger partial charge in [0.05, 0.1) is 24.9 Å². The molecule has 3 aliphatic rings. The Balaban J connectivity index is 1.17. The molecule has 0 amide bonds. The van der Waals surface area contributed by atoms with Crippen LogP contribution in [-0.4, -0.2) is 55.4 Å². The van der Waals surface area contributed by atoms with E-state index >= 15 is 4.39 Å². The minimum atomic E-state index is -3.23. The molecule has 6 rings (SSSR count). The molecule has 0 spiro atoms. The summed E-state index contributed by atoms with van der Waals surface area (Å²) >= 11 is 0. The van der Waals surface area contributed by atoms with Gasteiger partial charge in [0.1, 0.15) is 29.2 Å². The quantitative estimate of drug-likeness (QED) is 0.288. The van der Waals surface area contributed by atoms with Crippen LogP contribution in [0.2, 0.25) is 0 Å². The van der Waals surface area contributed by atoms with Gasteiger partial charge in [-0.15, -0.1) is 0 Å². The van der Waals surface area contributed by atoms with Gasteiger partial charge in [-0.1, -0.05) is 12.1 Å². The maximum Gasteiger partial charge on any atom is 0.304 e. The van der Waals surface area contributed by atoms with Gasteiger partial charge < -0.3 is 19.3 Å². The van der Waals surface area contributed by atoms with Crippen LogP contribution >= 0.6 is 0 Å². The van der Waals surface area contributed by atoms with Crippen LogP contribution < -0.4 is 14.2 Å². The molecule has 1 aliphatic carbocycles. The summed E-state index contributed by atoms with van der Waals surface area (Å²) in [6.07, 6.45) is 0.855. The first kappa shape index (κ1) is 30.4. The number of hydrogen-bond donors (Lipinski definition) is 1. The van der Waals surface area contributed by atoms with Crippen molar-refractivity contribution in [2.24, 2.45) is 5.92 Å². The van der Waals surface area contributed by atoms with Crippen molar-refractivity contribution in [2.45, 2.75) is 64.2 Å². The van der Waals surface area contributed by atoms with Crippen molar-refractivity contribution >= 4 is 16.0 Å². The second-order valence-corrected chi connectivity index (χ2v) is 14.9. The van der Waals surface area contributed by atoms with Gasteiger partial charge in [-0.2, -0.15) is 0 Å². The third kappa shape index (κ3) is 5.65. The number of benzene rings is 3. The first-order chi connectivity index (χ1) is 20.9. The van der Waals surface area contributed by atoms with Gasteiger partial charge in [0.15, 0.2) is 0 Å². The lowest BCUT2D eigenvalue weighted by molar-refractivity contribution is -0.137. The second-order valence-electron chi connectivity index (χ2n) is 12.5. The predicted octanol–water partition coefficient (Wildman–Crippen LogP) is 6.18. The van der Waals surface area contributed by atoms with Crippen molar-refractivity contribution in [1.29, 1.82) is 0 Å². The number of sulfonamides is 1. The van der Waals surface area contributed by atoms with Gasteiger partial charge in [0.25, 0.3) is 0 Å². The summed E-state index contributed by atoms with van der Waals surface area (Å²) in [5.41, 5.74) is 6.42. The molecule has 8 nitrogen and oxygen atoms in total. The third-order valence-electron chi connectivity index (χ3n) is 8.99. The van der Waals surface area contributed by atoms with Crippen LogP contribution in [-0.2, 0) is 21.2 Å². The first-order valence-corrected chi connectivity index (χ1v) is 16.6. The Morgan fingerprint density at radius 3 is 2.50 bits per heavy atom. The maximum atomic E-state index is 15.3. The average molecular weight is 624 g/mol. The van der Waals surface area contributed by atoms with Gasteiger partial charge in [-0.05, 0) is 92.6 Å². The highest BCUT2D eigenvalue weighted by Crippen LogP contribution is 2.45. The Kier molecular flexibility index (Phi) is 8.09. The molecule has 2 atom stereocenters. The highest BCUT2D eigenvalue weighted by molar-refractivity contribution is 7.89. The lowest BCUT2D eigenvalue weighted by atomic mass is 9.90. The van der Waals surface area contributed by atoms with Crippen molar-refractivity contribution in [1.82, 2.24) is 4.31 Å². The van der Waals surface area contributed by atoms with E-state index in [1.54, 1.807) is 26.0 Å². The molecule has 0 radical (unpaired) electrons. The Bertz CT molecular complexity index is 1690. The first-order valence-electron chi connectivity index (χ1n) is 15.1. The number of ether oxygens (including phenoxy) is 3. The minimum Gasteiger partial charge on any atom is -0.493 e. The number of aliphatic carboxylic acids is 1. The summed E-state index contributed by atoms with van der Waals surface area (Å²) in [6, 6.07) is 12.8. The number of carboxylic acids is 1. The molecule has 0 bridgehead atoms. The number of nitrogens with zero attached hydrogens (tertiary/aromatic N) is 1. The van der Waals surface area contributed by atoms with E-state index in [2.05, 4.69) is 0 Å². The van der Waals surface area contributed by atoms with Gasteiger partial charge in [-0.3, -0.25) is 4.79 Å². The Labute approximate surface area is 257 Å². The van der Waals surface area contributed by atoms with Gasteiger partial charge in [0, 0.05) is 42.1 Å². The predicted molar refractivity (Wildman–Crippen MR) is 165 cm³/mol. The van der Waals surface area contributed by atoms with Crippen LogP contribution in [0, 0.1) is 25.6 Å². The number of fused-ring (bicyclic) bond motifs is 2. The van der Waals surface area contributed by atoms with E-state index in [4.69, 9.17) is 14.2 Å². The molecule has 44 heavy (non-hydrogen) atoms. The summed E-state index contributed by atoms with van der Waals surface area (Å²) in [6.45, 7) is 9.16. The van der Waals surface area contributed by atoms with Crippen molar-refractivity contribution in [2.75, 3.05) is 26.3 Å². The summed E-state index contributed by atoms with van der Waals surface area (Å²) in [5, 5.41) is 8.75. The number of carboxylic acid groups (broad SMARTS) is 1. The number of hydrogen-bond acceptors (Lipinski definition) is 6. The standard InChI is InChI=1S/C34H38FNO7S/c1-19(2)44(39,40)36-15-22(16-36)17-41-25-11-20(3)33(21(4)12-25)27-7-9-29(35)34-28(27)8-10-30(34)43-24-5-6-26-23(13-32(37)38)18-42-31(26)14-24/h5-7,9,11-12,14,19,22-23,30H,8,10,13,15-18H2,1-4H3,(H,37,38). The fourth-order valence-corrected chi connectivity index (χ4v) is 8.11. The minimum absolute atomic E-state index is 0.00720. The fourth-order valence-electron chi connectivity index (χ4n) is 6.68. The topological polar surface area (TPSA) is 102 Å². The Morgan fingerprint density at radius 2 is 1.82 bits per heavy atom. The van der Waals surface area contributed by atoms with Crippen molar-refractivity contribution in [3.05, 3.63) is 76.1 Å². The molecule has 2 aliphatic heterocycles. The third-order valence-corrected chi connectivity index (χ3v) is 11.2. The molecule has 2 unspecified atom stereocenters. The Hall–Kier alpha value is -3.63. The monoisotopic (exact) mass is 623 g/mol. The van der Waals surface area contributed by atoms with Gasteiger partial charge in [-0.25, -0.2) is 17.1 Å². The van der Waals surface area contributed by atoms with Crippen molar-refractivity contribution in [3.8, 4) is 28.4 Å². The number of halogens is 1. The highest BCUT2D eigenvalue weighted by Gasteiger charge is 2.38. The largest absolute Gasteiger partial charge is 0.493 e. The molecule has 1 fully saturated rings. The van der Waals surface area contributed by atoms with Gasteiger partial charge >= 0.3 is 5.97 Å². The summed E-state index contributed by atoms with van der Waals surface area (Å²) in [7, 11) is -3.23. The van der Waals surface area contributed by atoms with E-state index in [9.17, 15) is 18.3 Å². The number of rotatable bonds is 10. The molecular formula is C34H38FNO7S. The van der Waals surface area contributed by atoms with Crippen LogP contribution in [0.5, 0.6) is 17.2 Å². The van der Waals surface area contributed by atoms with E-state index in [-0.39, 0.29) is 24.1 Å². The van der Waals surface area contributed by atoms with E-state index in [0.29, 0.717) is 56.2 Å². The molecule has 0 saturated carbocycles. The zero-order valence-electron chi connectivity index (χ0n) is 25.4. The van der Waals surface area contributed by atoms with E-state index in [1.807, 2.05) is 38.1 Å². The molecule has 10 heteroatoms. The van der Waals surface area contributed by atoms with Crippen molar-refractivity contribution in [3.63, 3.8) is 0 Å². The lowest BCUT2D eigenvalue weighted by Crippen LogP contribution is -2.53. The number of aryl methyl sites for hydroxylation is 2. The second kappa shape index (κ2) is 11.7. The van der Waals surface area contributed by atoms with E-state index in [0.717, 1.165) is 39.1 Å². The summed E-state index contributed by atoms with van der Waals surface area (Å²) in [4.78, 5) is 11.2. The summed E-state index contributed by atoms with van der Waals surface area (Å²) in [5.74, 6) is 0.717. The van der Waals surface area contributed by atoms with E-state index < -0.39 is 27.3 Å². The highest BCUT2D eigenvalue weighted by atomic mass is 32.2. The van der Waals surface area contributed by atoms with Crippen molar-refractivity contribution < 1.29 is 36.9 Å². The molecule has 234 valence electrons. The van der Waals surface area contributed by atoms with E-state index in [1.165, 1.54) is 10.4 Å². The molecule has 2 heterocycles. The normalized spacial score (nSPS) is 19.8. The van der Waals surface area contributed by atoms with Crippen LogP contribution in [0.4, 0.5) is 4.39 Å². The molecule has 0 aromatic heterocycles. The van der Waals surface area contributed by atoms with Crippen LogP contribution in [0.3, 0.4) is 0 Å². The SMILES string of the molecule is Cc1cc(OCC2CN(S(=O)(=O)C(C)C)C2)cc(C)c1-c1ccc(F)c2c1CCC2Oc1ccc2c(c1)OCC2CC(=O)O. The zero-order valence-corrected chi connectivity index (χ0v) is 26.2. The fraction of sp³-hybridized carbons (Fsp3) is 0.441. The smallest absolute Gasteiger partial charge is 0.304 e. The molecular weight excluding hydrogens is 585 g/mol. The average Bonchev–Trinajstić information content (AvgIpc) is 3.53. The number of carbonyl (C=O) groups is 1. The summed E-state index contributed by atoms with van der Waals surface area (Å²) < 4.78 is 59.6. The zero-order chi connectivity index (χ0) is 31.3.